The third kappa shape index (κ3) is 2.46. The molecule has 0 aliphatic rings. The summed E-state index contributed by atoms with van der Waals surface area (Å²) in [6.45, 7) is 2.91. The number of nitrogen functional groups attached to an aromatic ring is 1. The molecule has 5 nitrogen and oxygen atoms in total. The maximum atomic E-state index is 8.51. The molecule has 0 atom stereocenters. The highest BCUT2D eigenvalue weighted by Gasteiger charge is 2.08. The second kappa shape index (κ2) is 4.48. The number of rotatable bonds is 4. The lowest BCUT2D eigenvalue weighted by molar-refractivity contribution is 0.104. The zero-order valence-electron chi connectivity index (χ0n) is 7.41. The van der Waals surface area contributed by atoms with Crippen LogP contribution in [0.5, 0.6) is 0 Å². The zero-order valence-corrected chi connectivity index (χ0v) is 7.41. The van der Waals surface area contributed by atoms with Crippen molar-refractivity contribution in [3.8, 4) is 6.07 Å². The van der Waals surface area contributed by atoms with Crippen LogP contribution in [0, 0.1) is 11.3 Å². The van der Waals surface area contributed by atoms with Crippen LogP contribution >= 0.6 is 0 Å². The van der Waals surface area contributed by atoms with E-state index in [1.54, 1.807) is 0 Å². The summed E-state index contributed by atoms with van der Waals surface area (Å²) in [6.07, 6.45) is 0.932. The molecule has 13 heavy (non-hydrogen) atoms. The van der Waals surface area contributed by atoms with Gasteiger partial charge in [-0.1, -0.05) is 6.92 Å². The molecule has 0 aliphatic heterocycles. The molecule has 0 aromatic carbocycles. The van der Waals surface area contributed by atoms with E-state index in [1.807, 2.05) is 13.0 Å². The van der Waals surface area contributed by atoms with E-state index in [0.29, 0.717) is 12.5 Å². The highest BCUT2D eigenvalue weighted by Crippen LogP contribution is 2.12. The van der Waals surface area contributed by atoms with E-state index >= 15 is 0 Å². The molecular formula is C8H11N3O2. The Labute approximate surface area is 76.1 Å². The van der Waals surface area contributed by atoms with Crippen molar-refractivity contribution < 1.29 is 9.15 Å². The number of nitrogens with zero attached hydrogens (tertiary/aromatic N) is 2. The molecule has 5 heteroatoms. The first-order chi connectivity index (χ1) is 6.27. The van der Waals surface area contributed by atoms with Gasteiger partial charge in [-0.25, -0.2) is 0 Å². The molecule has 1 aromatic heterocycles. The molecule has 0 amide bonds. The fourth-order valence-electron chi connectivity index (χ4n) is 0.824. The number of ether oxygens (including phenoxy) is 1. The SMILES string of the molecule is CCCOCc1nc(C#N)c(N)o1. The smallest absolute Gasteiger partial charge is 0.229 e. The summed E-state index contributed by atoms with van der Waals surface area (Å²) in [4.78, 5) is 3.82. The topological polar surface area (TPSA) is 85.1 Å². The molecule has 0 radical (unpaired) electrons. The third-order valence-electron chi connectivity index (χ3n) is 1.38. The van der Waals surface area contributed by atoms with E-state index in [1.165, 1.54) is 0 Å². The molecule has 0 aliphatic carbocycles. The standard InChI is InChI=1S/C8H11N3O2/c1-2-3-12-5-7-11-6(4-9)8(10)13-7/h2-3,5,10H2,1H3. The number of anilines is 1. The lowest BCUT2D eigenvalue weighted by atomic mass is 10.5. The van der Waals surface area contributed by atoms with Crippen LogP contribution in [-0.4, -0.2) is 11.6 Å². The predicted molar refractivity (Wildman–Crippen MR) is 45.6 cm³/mol. The van der Waals surface area contributed by atoms with Gasteiger partial charge in [0.1, 0.15) is 12.7 Å². The lowest BCUT2D eigenvalue weighted by Crippen LogP contribution is -1.93. The van der Waals surface area contributed by atoms with E-state index in [2.05, 4.69) is 4.98 Å². The second-order valence-electron chi connectivity index (χ2n) is 2.48. The summed E-state index contributed by atoms with van der Waals surface area (Å²) in [7, 11) is 0. The normalized spacial score (nSPS) is 9.85. The summed E-state index contributed by atoms with van der Waals surface area (Å²) in [5.41, 5.74) is 5.47. The van der Waals surface area contributed by atoms with Gasteiger partial charge in [0.15, 0.2) is 0 Å². The Morgan fingerprint density at radius 2 is 2.46 bits per heavy atom. The molecule has 1 heterocycles. The molecular weight excluding hydrogens is 170 g/mol. The molecule has 1 aromatic rings. The van der Waals surface area contributed by atoms with Crippen molar-refractivity contribution in [2.24, 2.45) is 0 Å². The van der Waals surface area contributed by atoms with Crippen LogP contribution in [0.2, 0.25) is 0 Å². The van der Waals surface area contributed by atoms with Crippen molar-refractivity contribution in [1.29, 1.82) is 5.26 Å². The first-order valence-corrected chi connectivity index (χ1v) is 4.01. The Hall–Kier alpha value is -1.54. The van der Waals surface area contributed by atoms with Gasteiger partial charge in [-0.2, -0.15) is 10.2 Å². The fourth-order valence-corrected chi connectivity index (χ4v) is 0.824. The number of nitrogens with two attached hydrogens (primary N) is 1. The molecule has 0 fully saturated rings. The van der Waals surface area contributed by atoms with Crippen molar-refractivity contribution in [1.82, 2.24) is 4.98 Å². The Morgan fingerprint density at radius 1 is 1.69 bits per heavy atom. The summed E-state index contributed by atoms with van der Waals surface area (Å²) in [5.74, 6) is 0.403. The van der Waals surface area contributed by atoms with Crippen LogP contribution in [0.15, 0.2) is 4.42 Å². The summed E-state index contributed by atoms with van der Waals surface area (Å²) in [5, 5.41) is 8.51. The number of aromatic nitrogens is 1. The largest absolute Gasteiger partial charge is 0.422 e. The van der Waals surface area contributed by atoms with Crippen LogP contribution in [-0.2, 0) is 11.3 Å². The maximum absolute atomic E-state index is 8.51. The summed E-state index contributed by atoms with van der Waals surface area (Å²) in [6, 6.07) is 1.82. The summed E-state index contributed by atoms with van der Waals surface area (Å²) >= 11 is 0. The van der Waals surface area contributed by atoms with Gasteiger partial charge in [0.2, 0.25) is 17.5 Å². The highest BCUT2D eigenvalue weighted by atomic mass is 16.5. The van der Waals surface area contributed by atoms with Crippen molar-refractivity contribution >= 4 is 5.88 Å². The fraction of sp³-hybridized carbons (Fsp3) is 0.500. The molecule has 2 N–H and O–H groups in total. The zero-order chi connectivity index (χ0) is 9.68. The number of oxazole rings is 1. The van der Waals surface area contributed by atoms with E-state index in [0.717, 1.165) is 6.42 Å². The minimum Gasteiger partial charge on any atom is -0.422 e. The van der Waals surface area contributed by atoms with Crippen LogP contribution in [0.25, 0.3) is 0 Å². The molecule has 70 valence electrons. The minimum atomic E-state index is 0.0533. The highest BCUT2D eigenvalue weighted by molar-refractivity contribution is 5.40. The van der Waals surface area contributed by atoms with Gasteiger partial charge in [0.25, 0.3) is 0 Å². The Balaban J connectivity index is 2.54. The Morgan fingerprint density at radius 3 is 3.00 bits per heavy atom. The maximum Gasteiger partial charge on any atom is 0.229 e. The lowest BCUT2D eigenvalue weighted by Gasteiger charge is -1.95. The van der Waals surface area contributed by atoms with Crippen molar-refractivity contribution in [2.45, 2.75) is 20.0 Å². The Kier molecular flexibility index (Phi) is 3.29. The Bertz CT molecular complexity index is 314. The number of hydrogen-bond donors (Lipinski definition) is 1. The van der Waals surface area contributed by atoms with Gasteiger partial charge >= 0.3 is 0 Å². The van der Waals surface area contributed by atoms with Crippen molar-refractivity contribution in [3.05, 3.63) is 11.6 Å². The molecule has 1 rings (SSSR count). The average molecular weight is 181 g/mol. The number of hydrogen-bond acceptors (Lipinski definition) is 5. The third-order valence-corrected chi connectivity index (χ3v) is 1.38. The van der Waals surface area contributed by atoms with Gasteiger partial charge in [0, 0.05) is 6.61 Å². The second-order valence-corrected chi connectivity index (χ2v) is 2.48. The molecule has 0 bridgehead atoms. The van der Waals surface area contributed by atoms with E-state index in [9.17, 15) is 0 Å². The van der Waals surface area contributed by atoms with Gasteiger partial charge < -0.3 is 14.9 Å². The van der Waals surface area contributed by atoms with Crippen LogP contribution < -0.4 is 5.73 Å². The van der Waals surface area contributed by atoms with Crippen LogP contribution in [0.4, 0.5) is 5.88 Å². The summed E-state index contributed by atoms with van der Waals surface area (Å²) < 4.78 is 10.1. The minimum absolute atomic E-state index is 0.0533. The molecule has 0 spiro atoms. The molecule has 0 saturated carbocycles. The van der Waals surface area contributed by atoms with E-state index in [-0.39, 0.29) is 18.2 Å². The quantitative estimate of drug-likeness (QED) is 0.702. The van der Waals surface area contributed by atoms with Crippen molar-refractivity contribution in [3.63, 3.8) is 0 Å². The van der Waals surface area contributed by atoms with Gasteiger partial charge in [-0.3, -0.25) is 0 Å². The number of nitriles is 1. The van der Waals surface area contributed by atoms with Crippen LogP contribution in [0.1, 0.15) is 24.9 Å². The molecule has 0 saturated heterocycles. The van der Waals surface area contributed by atoms with Crippen LogP contribution in [0.3, 0.4) is 0 Å². The first-order valence-electron chi connectivity index (χ1n) is 4.01. The monoisotopic (exact) mass is 181 g/mol. The average Bonchev–Trinajstić information content (AvgIpc) is 2.47. The first kappa shape index (κ1) is 9.55. The van der Waals surface area contributed by atoms with Gasteiger partial charge in [-0.05, 0) is 6.42 Å². The predicted octanol–water partition coefficient (Wildman–Crippen LogP) is 1.06. The van der Waals surface area contributed by atoms with E-state index in [4.69, 9.17) is 20.1 Å². The van der Waals surface area contributed by atoms with Gasteiger partial charge in [0.05, 0.1) is 0 Å². The van der Waals surface area contributed by atoms with Crippen molar-refractivity contribution in [2.75, 3.05) is 12.3 Å². The van der Waals surface area contributed by atoms with Gasteiger partial charge in [-0.15, -0.1) is 0 Å². The van der Waals surface area contributed by atoms with E-state index < -0.39 is 0 Å². The molecule has 0 unspecified atom stereocenters.